The molecule has 17 heavy (non-hydrogen) atoms. The van der Waals surface area contributed by atoms with Gasteiger partial charge in [0.2, 0.25) is 0 Å². The van der Waals surface area contributed by atoms with Gasteiger partial charge < -0.3 is 10.6 Å². The highest BCUT2D eigenvalue weighted by Crippen LogP contribution is 2.19. The number of rotatable bonds is 2. The molecular formula is C11H16N4OS. The molecule has 0 radical (unpaired) electrons. The van der Waals surface area contributed by atoms with E-state index in [-0.39, 0.29) is 11.9 Å². The van der Waals surface area contributed by atoms with E-state index in [0.29, 0.717) is 17.2 Å². The summed E-state index contributed by atoms with van der Waals surface area (Å²) in [6, 6.07) is 1.60. The molecule has 1 aromatic heterocycles. The minimum atomic E-state index is -0.117. The summed E-state index contributed by atoms with van der Waals surface area (Å²) in [6.07, 6.45) is 4.67. The third-order valence-corrected chi connectivity index (χ3v) is 3.30. The summed E-state index contributed by atoms with van der Waals surface area (Å²) in [7, 11) is 1.79. The number of thiocarbonyl (C=S) groups is 1. The molecule has 1 atom stereocenters. The highest BCUT2D eigenvalue weighted by atomic mass is 32.1. The summed E-state index contributed by atoms with van der Waals surface area (Å²) < 4.78 is 1.62. The van der Waals surface area contributed by atoms with Crippen LogP contribution >= 0.6 is 12.2 Å². The maximum atomic E-state index is 12.3. The fourth-order valence-corrected chi connectivity index (χ4v) is 2.39. The second-order valence-corrected chi connectivity index (χ2v) is 4.76. The van der Waals surface area contributed by atoms with Gasteiger partial charge >= 0.3 is 0 Å². The summed E-state index contributed by atoms with van der Waals surface area (Å²) in [5, 5.41) is 4.12. The van der Waals surface area contributed by atoms with Gasteiger partial charge in [-0.05, 0) is 25.3 Å². The zero-order chi connectivity index (χ0) is 12.4. The lowest BCUT2D eigenvalue weighted by Gasteiger charge is -2.34. The molecule has 1 fully saturated rings. The van der Waals surface area contributed by atoms with Crippen LogP contribution in [0.4, 0.5) is 0 Å². The predicted octanol–water partition coefficient (Wildman–Crippen LogP) is 0.701. The van der Waals surface area contributed by atoms with Crippen LogP contribution < -0.4 is 5.73 Å². The van der Waals surface area contributed by atoms with E-state index in [1.807, 2.05) is 0 Å². The van der Waals surface area contributed by atoms with Crippen molar-refractivity contribution in [3.8, 4) is 0 Å². The molecule has 6 heteroatoms. The van der Waals surface area contributed by atoms with E-state index in [4.69, 9.17) is 18.0 Å². The van der Waals surface area contributed by atoms with Gasteiger partial charge in [-0.25, -0.2) is 0 Å². The van der Waals surface area contributed by atoms with Crippen LogP contribution in [0.3, 0.4) is 0 Å². The summed E-state index contributed by atoms with van der Waals surface area (Å²) in [5.41, 5.74) is 6.14. The van der Waals surface area contributed by atoms with E-state index >= 15 is 0 Å². The number of carbonyl (C=O) groups is 1. The molecule has 0 aliphatic carbocycles. The van der Waals surface area contributed by atoms with Crippen molar-refractivity contribution in [1.29, 1.82) is 0 Å². The van der Waals surface area contributed by atoms with Crippen molar-refractivity contribution in [3.05, 3.63) is 18.0 Å². The predicted molar refractivity (Wildman–Crippen MR) is 68.7 cm³/mol. The number of aromatic nitrogens is 2. The molecule has 92 valence electrons. The highest BCUT2D eigenvalue weighted by Gasteiger charge is 2.30. The summed E-state index contributed by atoms with van der Waals surface area (Å²) >= 11 is 5.03. The molecule has 2 rings (SSSR count). The van der Waals surface area contributed by atoms with Crippen molar-refractivity contribution >= 4 is 23.1 Å². The van der Waals surface area contributed by atoms with E-state index in [2.05, 4.69) is 5.10 Å². The van der Waals surface area contributed by atoms with Gasteiger partial charge in [0.05, 0.1) is 11.0 Å². The number of hydrogen-bond acceptors (Lipinski definition) is 3. The zero-order valence-corrected chi connectivity index (χ0v) is 10.6. The molecule has 1 aliphatic rings. The van der Waals surface area contributed by atoms with Crippen LogP contribution in [0.5, 0.6) is 0 Å². The molecule has 1 aliphatic heterocycles. The number of nitrogens with two attached hydrogens (primary N) is 1. The van der Waals surface area contributed by atoms with Crippen LogP contribution in [-0.2, 0) is 7.05 Å². The molecule has 0 aromatic carbocycles. The Labute approximate surface area is 106 Å². The number of amides is 1. The lowest BCUT2D eigenvalue weighted by molar-refractivity contribution is 0.0674. The molecule has 1 saturated heterocycles. The number of piperidine rings is 1. The van der Waals surface area contributed by atoms with Gasteiger partial charge in [-0.1, -0.05) is 12.2 Å². The maximum absolute atomic E-state index is 12.3. The normalized spacial score (nSPS) is 20.3. The summed E-state index contributed by atoms with van der Waals surface area (Å²) in [5.74, 6) is -0.0805. The molecule has 1 aromatic rings. The molecule has 2 heterocycles. The number of nitrogens with zero attached hydrogens (tertiary/aromatic N) is 3. The first-order valence-corrected chi connectivity index (χ1v) is 6.10. The number of hydrogen-bond donors (Lipinski definition) is 1. The van der Waals surface area contributed by atoms with Gasteiger partial charge in [0.1, 0.15) is 5.69 Å². The van der Waals surface area contributed by atoms with Gasteiger partial charge in [-0.3, -0.25) is 9.48 Å². The average molecular weight is 252 g/mol. The Kier molecular flexibility index (Phi) is 3.42. The third kappa shape index (κ3) is 2.46. The third-order valence-electron chi connectivity index (χ3n) is 3.02. The Morgan fingerprint density at radius 1 is 1.59 bits per heavy atom. The van der Waals surface area contributed by atoms with Crippen LogP contribution in [0.1, 0.15) is 29.8 Å². The standard InChI is InChI=1S/C11H16N4OS/c1-14-7-5-8(13-14)11(16)15-6-3-2-4-9(15)10(12)17/h5,7,9H,2-4,6H2,1H3,(H2,12,17). The molecule has 0 bridgehead atoms. The average Bonchev–Trinajstić information content (AvgIpc) is 2.75. The van der Waals surface area contributed by atoms with Crippen LogP contribution in [0.2, 0.25) is 0 Å². The molecule has 1 unspecified atom stereocenters. The molecule has 1 amide bonds. The lowest BCUT2D eigenvalue weighted by Crippen LogP contribution is -2.49. The van der Waals surface area contributed by atoms with Gasteiger partial charge in [-0.2, -0.15) is 5.10 Å². The minimum Gasteiger partial charge on any atom is -0.392 e. The molecule has 0 saturated carbocycles. The lowest BCUT2D eigenvalue weighted by atomic mass is 10.0. The Morgan fingerprint density at radius 2 is 2.35 bits per heavy atom. The first kappa shape index (κ1) is 12.0. The second-order valence-electron chi connectivity index (χ2n) is 4.29. The van der Waals surface area contributed by atoms with Crippen molar-refractivity contribution < 1.29 is 4.79 Å². The zero-order valence-electron chi connectivity index (χ0n) is 9.80. The minimum absolute atomic E-state index is 0.0805. The van der Waals surface area contributed by atoms with Gasteiger partial charge in [0, 0.05) is 19.8 Å². The fourth-order valence-electron chi connectivity index (χ4n) is 2.15. The monoisotopic (exact) mass is 252 g/mol. The van der Waals surface area contributed by atoms with Crippen molar-refractivity contribution in [2.24, 2.45) is 12.8 Å². The van der Waals surface area contributed by atoms with Crippen LogP contribution in [0, 0.1) is 0 Å². The first-order chi connectivity index (χ1) is 8.09. The van der Waals surface area contributed by atoms with Crippen LogP contribution in [0.25, 0.3) is 0 Å². The van der Waals surface area contributed by atoms with Crippen LogP contribution in [-0.4, -0.2) is 38.2 Å². The summed E-state index contributed by atoms with van der Waals surface area (Å²) in [6.45, 7) is 0.706. The topological polar surface area (TPSA) is 64.2 Å². The highest BCUT2D eigenvalue weighted by molar-refractivity contribution is 7.80. The van der Waals surface area contributed by atoms with Crippen LogP contribution in [0.15, 0.2) is 12.3 Å². The number of likely N-dealkylation sites (tertiary alicyclic amines) is 1. The first-order valence-electron chi connectivity index (χ1n) is 5.69. The van der Waals surface area contributed by atoms with E-state index in [9.17, 15) is 4.79 Å². The Balaban J connectivity index is 2.19. The molecule has 2 N–H and O–H groups in total. The van der Waals surface area contributed by atoms with Crippen molar-refractivity contribution in [1.82, 2.24) is 14.7 Å². The largest absolute Gasteiger partial charge is 0.392 e. The van der Waals surface area contributed by atoms with E-state index in [0.717, 1.165) is 19.3 Å². The van der Waals surface area contributed by atoms with Crippen molar-refractivity contribution in [3.63, 3.8) is 0 Å². The van der Waals surface area contributed by atoms with Gasteiger partial charge in [-0.15, -0.1) is 0 Å². The Morgan fingerprint density at radius 3 is 2.94 bits per heavy atom. The number of carbonyl (C=O) groups excluding carboxylic acids is 1. The number of aryl methyl sites for hydroxylation is 1. The molecule has 5 nitrogen and oxygen atoms in total. The smallest absolute Gasteiger partial charge is 0.274 e. The Hall–Kier alpha value is -1.43. The van der Waals surface area contributed by atoms with E-state index in [1.165, 1.54) is 0 Å². The van der Waals surface area contributed by atoms with E-state index in [1.54, 1.807) is 28.9 Å². The van der Waals surface area contributed by atoms with Crippen molar-refractivity contribution in [2.45, 2.75) is 25.3 Å². The Bertz CT molecular complexity index is 442. The van der Waals surface area contributed by atoms with E-state index < -0.39 is 0 Å². The fraction of sp³-hybridized carbons (Fsp3) is 0.545. The summed E-state index contributed by atoms with van der Waals surface area (Å²) in [4.78, 5) is 14.4. The quantitative estimate of drug-likeness (QED) is 0.787. The molecule has 0 spiro atoms. The second kappa shape index (κ2) is 4.83. The van der Waals surface area contributed by atoms with Gasteiger partial charge in [0.25, 0.3) is 5.91 Å². The maximum Gasteiger partial charge on any atom is 0.274 e. The SMILES string of the molecule is Cn1ccc(C(=O)N2CCCCC2C(N)=S)n1. The van der Waals surface area contributed by atoms with Gasteiger partial charge in [0.15, 0.2) is 0 Å². The molecular weight excluding hydrogens is 236 g/mol. The van der Waals surface area contributed by atoms with Crippen molar-refractivity contribution in [2.75, 3.05) is 6.54 Å².